The molecule has 1 aliphatic rings. The number of nitrogens with zero attached hydrogens (tertiary/aromatic N) is 4. The van der Waals surface area contributed by atoms with Crippen molar-refractivity contribution >= 4 is 5.91 Å². The predicted octanol–water partition coefficient (Wildman–Crippen LogP) is 2.66. The molecule has 0 aliphatic carbocycles. The zero-order valence-electron chi connectivity index (χ0n) is 18.4. The molecule has 2 aromatic rings. The van der Waals surface area contributed by atoms with Crippen LogP contribution in [0.2, 0.25) is 0 Å². The Morgan fingerprint density at radius 2 is 2.03 bits per heavy atom. The lowest BCUT2D eigenvalue weighted by molar-refractivity contribution is -0.121. The van der Waals surface area contributed by atoms with E-state index in [2.05, 4.69) is 38.8 Å². The minimum Gasteiger partial charge on any atom is -0.504 e. The molecule has 0 unspecified atom stereocenters. The summed E-state index contributed by atoms with van der Waals surface area (Å²) in [7, 11) is 0. The number of benzene rings is 1. The molecule has 164 valence electrons. The van der Waals surface area contributed by atoms with Crippen LogP contribution >= 0.6 is 0 Å². The summed E-state index contributed by atoms with van der Waals surface area (Å²) in [6.45, 7) is 11.5. The fraction of sp³-hybridized carbons (Fsp3) is 0.591. The Morgan fingerprint density at radius 3 is 2.73 bits per heavy atom. The summed E-state index contributed by atoms with van der Waals surface area (Å²) in [5.41, 5.74) is 0.856. The zero-order chi connectivity index (χ0) is 21.7. The van der Waals surface area contributed by atoms with Gasteiger partial charge in [-0.15, -0.1) is 10.2 Å². The summed E-state index contributed by atoms with van der Waals surface area (Å²) in [5.74, 6) is 2.74. The minimum absolute atomic E-state index is 0.0194. The summed E-state index contributed by atoms with van der Waals surface area (Å²) in [5, 5.41) is 22.5. The van der Waals surface area contributed by atoms with Crippen LogP contribution in [0.25, 0.3) is 0 Å². The van der Waals surface area contributed by atoms with Crippen LogP contribution in [0.1, 0.15) is 57.4 Å². The van der Waals surface area contributed by atoms with Gasteiger partial charge in [0.15, 0.2) is 17.3 Å². The molecule has 0 bridgehead atoms. The van der Waals surface area contributed by atoms with E-state index in [4.69, 9.17) is 4.74 Å². The highest BCUT2D eigenvalue weighted by Crippen LogP contribution is 2.31. The van der Waals surface area contributed by atoms with Crippen molar-refractivity contribution in [2.24, 2.45) is 5.92 Å². The Hall–Kier alpha value is -2.61. The van der Waals surface area contributed by atoms with Gasteiger partial charge < -0.3 is 19.7 Å². The first kappa shape index (κ1) is 22.1. The molecular weight excluding hydrogens is 382 g/mol. The molecule has 0 radical (unpaired) electrons. The van der Waals surface area contributed by atoms with E-state index in [1.165, 1.54) is 0 Å². The largest absolute Gasteiger partial charge is 0.504 e. The Bertz CT molecular complexity index is 864. The van der Waals surface area contributed by atoms with E-state index in [9.17, 15) is 9.90 Å². The summed E-state index contributed by atoms with van der Waals surface area (Å²) in [6, 6.07) is 5.48. The molecule has 1 aromatic heterocycles. The second-order valence-electron chi connectivity index (χ2n) is 7.99. The molecule has 0 saturated carbocycles. The van der Waals surface area contributed by atoms with Crippen LogP contribution in [0.5, 0.6) is 11.5 Å². The van der Waals surface area contributed by atoms with Crippen molar-refractivity contribution in [3.8, 4) is 11.5 Å². The molecule has 8 heteroatoms. The fourth-order valence-electron chi connectivity index (χ4n) is 3.79. The maximum Gasteiger partial charge on any atom is 0.220 e. The monoisotopic (exact) mass is 415 g/mol. The van der Waals surface area contributed by atoms with Crippen molar-refractivity contribution in [3.63, 3.8) is 0 Å². The summed E-state index contributed by atoms with van der Waals surface area (Å²) < 4.78 is 7.66. The van der Waals surface area contributed by atoms with Gasteiger partial charge in [-0.3, -0.25) is 9.69 Å². The van der Waals surface area contributed by atoms with E-state index < -0.39 is 0 Å². The quantitative estimate of drug-likeness (QED) is 0.689. The molecule has 1 aromatic carbocycles. The topological polar surface area (TPSA) is 92.5 Å². The highest BCUT2D eigenvalue weighted by Gasteiger charge is 2.27. The van der Waals surface area contributed by atoms with Crippen molar-refractivity contribution < 1.29 is 14.6 Å². The average Bonchev–Trinajstić information content (AvgIpc) is 3.02. The van der Waals surface area contributed by atoms with Gasteiger partial charge >= 0.3 is 0 Å². The van der Waals surface area contributed by atoms with Gasteiger partial charge in [-0.1, -0.05) is 32.9 Å². The van der Waals surface area contributed by atoms with E-state index in [0.29, 0.717) is 25.3 Å². The predicted molar refractivity (Wildman–Crippen MR) is 114 cm³/mol. The number of phenols is 1. The van der Waals surface area contributed by atoms with Crippen molar-refractivity contribution in [2.75, 3.05) is 19.7 Å². The molecule has 8 nitrogen and oxygen atoms in total. The highest BCUT2D eigenvalue weighted by atomic mass is 16.5. The third-order valence-electron chi connectivity index (χ3n) is 5.51. The molecule has 1 atom stereocenters. The first-order valence-corrected chi connectivity index (χ1v) is 10.8. The highest BCUT2D eigenvalue weighted by molar-refractivity contribution is 5.75. The SMILES string of the molecule is CCOc1cccc(CN2CCc3nnc([C@H](NC(=O)CC)C(C)C)n3CC2)c1O. The Labute approximate surface area is 178 Å². The standard InChI is InChI=1S/C22H33N5O3/c1-5-19(28)23-20(15(3)4)22-25-24-18-10-11-26(12-13-27(18)22)14-16-8-7-9-17(21(16)29)30-6-2/h7-9,15,20,29H,5-6,10-14H2,1-4H3,(H,23,28)/t20-/m1/s1. The van der Waals surface area contributed by atoms with Crippen molar-refractivity contribution in [2.45, 2.75) is 59.7 Å². The number of carbonyl (C=O) groups is 1. The van der Waals surface area contributed by atoms with Crippen LogP contribution < -0.4 is 10.1 Å². The van der Waals surface area contributed by atoms with Crippen LogP contribution in [-0.2, 0) is 24.3 Å². The first-order valence-electron chi connectivity index (χ1n) is 10.8. The summed E-state index contributed by atoms with van der Waals surface area (Å²) >= 11 is 0. The molecule has 0 saturated heterocycles. The van der Waals surface area contributed by atoms with Gasteiger partial charge in [0.2, 0.25) is 5.91 Å². The number of amides is 1. The number of hydrogen-bond acceptors (Lipinski definition) is 6. The number of phenolic OH excluding ortho intramolecular Hbond substituents is 1. The molecule has 30 heavy (non-hydrogen) atoms. The number of aromatic hydroxyl groups is 1. The lowest BCUT2D eigenvalue weighted by Gasteiger charge is -2.23. The van der Waals surface area contributed by atoms with Crippen LogP contribution in [0.3, 0.4) is 0 Å². The van der Waals surface area contributed by atoms with E-state index in [1.54, 1.807) is 6.07 Å². The molecule has 0 spiro atoms. The molecule has 1 amide bonds. The van der Waals surface area contributed by atoms with Crippen molar-refractivity contribution in [1.29, 1.82) is 0 Å². The van der Waals surface area contributed by atoms with Gasteiger partial charge in [-0.25, -0.2) is 0 Å². The lowest BCUT2D eigenvalue weighted by atomic mass is 10.0. The number of carbonyl (C=O) groups excluding carboxylic acids is 1. The third kappa shape index (κ3) is 4.92. The van der Waals surface area contributed by atoms with Gasteiger partial charge in [0.05, 0.1) is 12.6 Å². The second-order valence-corrected chi connectivity index (χ2v) is 7.99. The van der Waals surface area contributed by atoms with E-state index in [0.717, 1.165) is 43.3 Å². The van der Waals surface area contributed by atoms with E-state index >= 15 is 0 Å². The minimum atomic E-state index is -0.155. The summed E-state index contributed by atoms with van der Waals surface area (Å²) in [6.07, 6.45) is 1.22. The summed E-state index contributed by atoms with van der Waals surface area (Å²) in [4.78, 5) is 14.3. The Balaban J connectivity index is 1.74. The molecule has 2 heterocycles. The van der Waals surface area contributed by atoms with E-state index in [1.807, 2.05) is 26.0 Å². The van der Waals surface area contributed by atoms with Gasteiger partial charge in [0, 0.05) is 44.6 Å². The van der Waals surface area contributed by atoms with Crippen molar-refractivity contribution in [1.82, 2.24) is 25.0 Å². The molecule has 3 rings (SSSR count). The maximum absolute atomic E-state index is 12.0. The number of hydrogen-bond donors (Lipinski definition) is 2. The lowest BCUT2D eigenvalue weighted by Crippen LogP contribution is -2.34. The normalized spacial score (nSPS) is 15.5. The van der Waals surface area contributed by atoms with Gasteiger partial charge in [-0.05, 0) is 18.9 Å². The van der Waals surface area contributed by atoms with Gasteiger partial charge in [0.25, 0.3) is 0 Å². The number of nitrogens with one attached hydrogen (secondary N) is 1. The van der Waals surface area contributed by atoms with E-state index in [-0.39, 0.29) is 23.6 Å². The van der Waals surface area contributed by atoms with Crippen LogP contribution in [0, 0.1) is 5.92 Å². The Kier molecular flexibility index (Phi) is 7.31. The number of aromatic nitrogens is 3. The average molecular weight is 416 g/mol. The van der Waals surface area contributed by atoms with Crippen molar-refractivity contribution in [3.05, 3.63) is 35.4 Å². The molecule has 0 fully saturated rings. The third-order valence-corrected chi connectivity index (χ3v) is 5.51. The van der Waals surface area contributed by atoms with Crippen LogP contribution in [0.15, 0.2) is 18.2 Å². The number of rotatable bonds is 8. The number of para-hydroxylation sites is 1. The van der Waals surface area contributed by atoms with Crippen LogP contribution in [-0.4, -0.2) is 50.4 Å². The molecule has 1 aliphatic heterocycles. The zero-order valence-corrected chi connectivity index (χ0v) is 18.4. The second kappa shape index (κ2) is 9.93. The molecule has 2 N–H and O–H groups in total. The van der Waals surface area contributed by atoms with Gasteiger partial charge in [-0.2, -0.15) is 0 Å². The fourth-order valence-corrected chi connectivity index (χ4v) is 3.79. The smallest absolute Gasteiger partial charge is 0.220 e. The first-order chi connectivity index (χ1) is 14.4. The number of ether oxygens (including phenoxy) is 1. The number of fused-ring (bicyclic) bond motifs is 1. The maximum atomic E-state index is 12.0. The van der Waals surface area contributed by atoms with Crippen LogP contribution in [0.4, 0.5) is 0 Å². The Morgan fingerprint density at radius 1 is 1.23 bits per heavy atom. The van der Waals surface area contributed by atoms with Gasteiger partial charge in [0.1, 0.15) is 5.82 Å². The molecular formula is C22H33N5O3.